The number of likely N-dealkylation sites (N-methyl/N-ethyl adjacent to an activating group) is 1. The Kier molecular flexibility index (Phi) is 7.74. The number of nitroso groups, excluding NO2 is 1. The van der Waals surface area contributed by atoms with E-state index in [1.807, 2.05) is 36.2 Å². The van der Waals surface area contributed by atoms with Gasteiger partial charge in [-0.05, 0) is 62.2 Å². The second-order valence-corrected chi connectivity index (χ2v) is 11.4. The minimum absolute atomic E-state index is 0.141. The Morgan fingerprint density at radius 2 is 1.74 bits per heavy atom. The molecule has 10 heteroatoms. The second kappa shape index (κ2) is 10.4. The lowest BCUT2D eigenvalue weighted by atomic mass is 10.0. The normalized spacial score (nSPS) is 11.8. The van der Waals surface area contributed by atoms with E-state index in [0.717, 1.165) is 12.0 Å². The highest BCUT2D eigenvalue weighted by Crippen LogP contribution is 2.30. The van der Waals surface area contributed by atoms with E-state index in [0.29, 0.717) is 46.9 Å². The summed E-state index contributed by atoms with van der Waals surface area (Å²) in [7, 11) is 0.203. The van der Waals surface area contributed by atoms with Gasteiger partial charge in [0.2, 0.25) is 0 Å². The van der Waals surface area contributed by atoms with Crippen molar-refractivity contribution in [3.8, 4) is 11.4 Å². The number of rotatable bonds is 11. The minimum atomic E-state index is -3.27. The fraction of sp³-hybridized carbons (Fsp3) is 0.360. The highest BCUT2D eigenvalue weighted by molar-refractivity contribution is 7.91. The van der Waals surface area contributed by atoms with Crippen molar-refractivity contribution in [2.24, 2.45) is 5.18 Å². The predicted octanol–water partition coefficient (Wildman–Crippen LogP) is 3.92. The highest BCUT2D eigenvalue weighted by atomic mass is 32.2. The number of benzene rings is 2. The molecule has 3 aromatic rings. The first-order valence-corrected chi connectivity index (χ1v) is 12.9. The summed E-state index contributed by atoms with van der Waals surface area (Å²) < 4.78 is 30.0. The van der Waals surface area contributed by atoms with Crippen LogP contribution in [-0.4, -0.2) is 51.4 Å². The summed E-state index contributed by atoms with van der Waals surface area (Å²) >= 11 is 0. The lowest BCUT2D eigenvalue weighted by Gasteiger charge is -2.25. The quantitative estimate of drug-likeness (QED) is 0.291. The maximum atomic E-state index is 12.1. The first-order valence-electron chi connectivity index (χ1n) is 11.0. The molecule has 0 amide bonds. The van der Waals surface area contributed by atoms with Gasteiger partial charge in [0.05, 0.1) is 23.2 Å². The summed E-state index contributed by atoms with van der Waals surface area (Å²) in [6, 6.07) is 14.5. The summed E-state index contributed by atoms with van der Waals surface area (Å²) in [4.78, 5) is 25.1. The first kappa shape index (κ1) is 26.1. The molecular formula is C25H30N4O5S. The van der Waals surface area contributed by atoms with Crippen LogP contribution in [0.4, 0.5) is 5.69 Å². The molecular weight excluding hydrogens is 468 g/mol. The Balaban J connectivity index is 1.85. The van der Waals surface area contributed by atoms with Crippen molar-refractivity contribution < 1.29 is 17.9 Å². The zero-order valence-corrected chi connectivity index (χ0v) is 21.4. The monoisotopic (exact) mass is 498 g/mol. The molecule has 1 aromatic heterocycles. The molecule has 0 aliphatic rings. The average molecular weight is 499 g/mol. The number of methoxy groups -OCH3 is 1. The van der Waals surface area contributed by atoms with Crippen molar-refractivity contribution in [2.45, 2.75) is 31.6 Å². The van der Waals surface area contributed by atoms with E-state index in [2.05, 4.69) is 10.3 Å². The van der Waals surface area contributed by atoms with Gasteiger partial charge in [0.1, 0.15) is 18.0 Å². The molecule has 0 saturated carbocycles. The standard InChI is InChI=1S/C25H30N4O5S/c1-25(2,35(5,32)33)18-6-8-19(9-7-18)28(3)15-14-22-23(16-26-31)27-29(24(22)17-30)20-10-12-21(34-4)13-11-20/h6-13,17H,14-16H2,1-5H3. The van der Waals surface area contributed by atoms with Crippen LogP contribution in [-0.2, 0) is 27.5 Å². The molecule has 1 heterocycles. The highest BCUT2D eigenvalue weighted by Gasteiger charge is 2.32. The molecule has 3 rings (SSSR count). The van der Waals surface area contributed by atoms with Crippen LogP contribution < -0.4 is 9.64 Å². The van der Waals surface area contributed by atoms with E-state index in [1.165, 1.54) is 10.9 Å². The topological polar surface area (TPSA) is 111 Å². The van der Waals surface area contributed by atoms with E-state index < -0.39 is 14.6 Å². The minimum Gasteiger partial charge on any atom is -0.497 e. The van der Waals surface area contributed by atoms with E-state index in [1.54, 1.807) is 45.2 Å². The number of carbonyl (C=O) groups is 1. The Morgan fingerprint density at radius 1 is 1.11 bits per heavy atom. The Labute approximate surface area is 205 Å². The lowest BCUT2D eigenvalue weighted by molar-refractivity contribution is 0.111. The molecule has 2 aromatic carbocycles. The molecule has 0 spiro atoms. The van der Waals surface area contributed by atoms with Gasteiger partial charge in [-0.15, -0.1) is 0 Å². The van der Waals surface area contributed by atoms with Crippen LogP contribution in [0, 0.1) is 4.91 Å². The number of hydrogen-bond acceptors (Lipinski definition) is 8. The Hall–Kier alpha value is -3.53. The van der Waals surface area contributed by atoms with Gasteiger partial charge in [-0.1, -0.05) is 17.3 Å². The molecule has 0 radical (unpaired) electrons. The molecule has 0 aliphatic carbocycles. The number of aromatic nitrogens is 2. The van der Waals surface area contributed by atoms with Gasteiger partial charge >= 0.3 is 0 Å². The number of anilines is 1. The van der Waals surface area contributed by atoms with Crippen LogP contribution in [0.1, 0.15) is 41.2 Å². The van der Waals surface area contributed by atoms with Crippen LogP contribution in [0.5, 0.6) is 5.75 Å². The van der Waals surface area contributed by atoms with Gasteiger partial charge in [-0.25, -0.2) is 13.1 Å². The van der Waals surface area contributed by atoms with Crippen LogP contribution >= 0.6 is 0 Å². The largest absolute Gasteiger partial charge is 0.497 e. The van der Waals surface area contributed by atoms with E-state index in [4.69, 9.17) is 4.74 Å². The number of nitrogens with zero attached hydrogens (tertiary/aromatic N) is 4. The van der Waals surface area contributed by atoms with E-state index in [-0.39, 0.29) is 6.54 Å². The zero-order chi connectivity index (χ0) is 25.8. The molecule has 35 heavy (non-hydrogen) atoms. The molecule has 0 atom stereocenters. The average Bonchev–Trinajstić information content (AvgIpc) is 3.19. The third kappa shape index (κ3) is 5.43. The summed E-state index contributed by atoms with van der Waals surface area (Å²) in [6.07, 6.45) is 2.43. The number of ether oxygens (including phenoxy) is 1. The zero-order valence-electron chi connectivity index (χ0n) is 20.6. The van der Waals surface area contributed by atoms with Crippen molar-refractivity contribution in [1.29, 1.82) is 0 Å². The van der Waals surface area contributed by atoms with Gasteiger partial charge < -0.3 is 9.64 Å². The third-order valence-corrected chi connectivity index (χ3v) is 8.47. The van der Waals surface area contributed by atoms with E-state index >= 15 is 0 Å². The Morgan fingerprint density at radius 3 is 2.26 bits per heavy atom. The fourth-order valence-electron chi connectivity index (χ4n) is 3.75. The SMILES string of the molecule is COc1ccc(-n2nc(CN=O)c(CCN(C)c3ccc(C(C)(C)S(C)(=O)=O)cc3)c2C=O)cc1. The molecule has 0 N–H and O–H groups in total. The van der Waals surface area contributed by atoms with Crippen LogP contribution in [0.15, 0.2) is 53.7 Å². The first-order chi connectivity index (χ1) is 16.5. The van der Waals surface area contributed by atoms with Gasteiger partial charge in [0, 0.05) is 31.1 Å². The van der Waals surface area contributed by atoms with Crippen molar-refractivity contribution in [3.05, 3.63) is 76.0 Å². The molecule has 0 unspecified atom stereocenters. The molecule has 0 fully saturated rings. The van der Waals surface area contributed by atoms with Crippen molar-refractivity contribution in [1.82, 2.24) is 9.78 Å². The molecule has 9 nitrogen and oxygen atoms in total. The maximum Gasteiger partial charge on any atom is 0.168 e. The summed E-state index contributed by atoms with van der Waals surface area (Å²) in [6.45, 7) is 3.77. The van der Waals surface area contributed by atoms with Gasteiger partial charge in [0.25, 0.3) is 0 Å². The molecule has 0 saturated heterocycles. The van der Waals surface area contributed by atoms with E-state index in [9.17, 15) is 18.1 Å². The van der Waals surface area contributed by atoms with Gasteiger partial charge in [-0.2, -0.15) is 10.0 Å². The van der Waals surface area contributed by atoms with Gasteiger partial charge in [0.15, 0.2) is 16.1 Å². The molecule has 0 bridgehead atoms. The van der Waals surface area contributed by atoms with Crippen LogP contribution in [0.3, 0.4) is 0 Å². The van der Waals surface area contributed by atoms with Crippen LogP contribution in [0.2, 0.25) is 0 Å². The van der Waals surface area contributed by atoms with Crippen molar-refractivity contribution in [2.75, 3.05) is 31.9 Å². The smallest absolute Gasteiger partial charge is 0.168 e. The summed E-state index contributed by atoms with van der Waals surface area (Å²) in [5, 5.41) is 7.47. The maximum absolute atomic E-state index is 12.1. The summed E-state index contributed by atoms with van der Waals surface area (Å²) in [5.41, 5.74) is 3.76. The lowest BCUT2D eigenvalue weighted by Crippen LogP contribution is -2.28. The van der Waals surface area contributed by atoms with Crippen LogP contribution in [0.25, 0.3) is 5.69 Å². The third-order valence-electron chi connectivity index (χ3n) is 6.38. The number of carbonyl (C=O) groups excluding carboxylic acids is 1. The van der Waals surface area contributed by atoms with Crippen molar-refractivity contribution in [3.63, 3.8) is 0 Å². The predicted molar refractivity (Wildman–Crippen MR) is 136 cm³/mol. The number of sulfone groups is 1. The summed E-state index contributed by atoms with van der Waals surface area (Å²) in [5.74, 6) is 0.677. The Bertz CT molecular complexity index is 1300. The molecule has 186 valence electrons. The van der Waals surface area contributed by atoms with Crippen molar-refractivity contribution >= 4 is 21.8 Å². The molecule has 0 aliphatic heterocycles. The number of aldehydes is 1. The fourth-order valence-corrected chi connectivity index (χ4v) is 4.32. The number of hydrogen-bond donors (Lipinski definition) is 0. The second-order valence-electron chi connectivity index (χ2n) is 8.83. The van der Waals surface area contributed by atoms with Gasteiger partial charge in [-0.3, -0.25) is 4.79 Å².